The van der Waals surface area contributed by atoms with Crippen LogP contribution in [0.1, 0.15) is 0 Å². The molecule has 0 fully saturated rings. The van der Waals surface area contributed by atoms with Crippen LogP contribution in [-0.4, -0.2) is 16.8 Å². The Bertz CT molecular complexity index is 569. The lowest BCUT2D eigenvalue weighted by Gasteiger charge is -2.06. The van der Waals surface area contributed by atoms with Gasteiger partial charge in [0.15, 0.2) is 11.5 Å². The monoisotopic (exact) mass is 268 g/mol. The summed E-state index contributed by atoms with van der Waals surface area (Å²) in [6.45, 7) is 0.228. The first-order chi connectivity index (χ1) is 8.25. The van der Waals surface area contributed by atoms with Crippen LogP contribution >= 0.6 is 23.2 Å². The molecule has 4 nitrogen and oxygen atoms in total. The van der Waals surface area contributed by atoms with E-state index in [1.165, 1.54) is 6.33 Å². The molecule has 0 atom stereocenters. The number of fused-ring (bicyclic) bond motifs is 1. The summed E-state index contributed by atoms with van der Waals surface area (Å²) in [5, 5.41) is 0.618. The predicted molar refractivity (Wildman–Crippen MR) is 63.6 cm³/mol. The quantitative estimate of drug-likeness (QED) is 0.746. The zero-order chi connectivity index (χ0) is 11.8. The van der Waals surface area contributed by atoms with Gasteiger partial charge in [-0.15, -0.1) is 0 Å². The summed E-state index contributed by atoms with van der Waals surface area (Å²) in [4.78, 5) is 7.82. The van der Waals surface area contributed by atoms with Crippen molar-refractivity contribution in [2.75, 3.05) is 6.79 Å². The minimum Gasteiger partial charge on any atom is -0.454 e. The van der Waals surface area contributed by atoms with E-state index in [1.54, 1.807) is 12.1 Å². The van der Waals surface area contributed by atoms with Gasteiger partial charge in [-0.05, 0) is 17.7 Å². The van der Waals surface area contributed by atoms with Crippen molar-refractivity contribution < 1.29 is 9.47 Å². The first-order valence-corrected chi connectivity index (χ1v) is 5.57. The van der Waals surface area contributed by atoms with Gasteiger partial charge < -0.3 is 9.47 Å². The number of aromatic nitrogens is 2. The van der Waals surface area contributed by atoms with Crippen LogP contribution in [-0.2, 0) is 0 Å². The van der Waals surface area contributed by atoms with Crippen LogP contribution in [0.15, 0.2) is 24.5 Å². The molecule has 6 heteroatoms. The van der Waals surface area contributed by atoms with Crippen molar-refractivity contribution in [3.05, 3.63) is 34.8 Å². The van der Waals surface area contributed by atoms with Crippen LogP contribution in [0.5, 0.6) is 11.5 Å². The molecule has 17 heavy (non-hydrogen) atoms. The van der Waals surface area contributed by atoms with E-state index in [4.69, 9.17) is 32.7 Å². The maximum atomic E-state index is 6.01. The highest BCUT2D eigenvalue weighted by Crippen LogP contribution is 2.39. The lowest BCUT2D eigenvalue weighted by atomic mass is 10.1. The van der Waals surface area contributed by atoms with E-state index in [1.807, 2.05) is 6.07 Å². The third-order valence-corrected chi connectivity index (χ3v) is 2.99. The van der Waals surface area contributed by atoms with Crippen molar-refractivity contribution in [3.63, 3.8) is 0 Å². The predicted octanol–water partition coefficient (Wildman–Crippen LogP) is 3.18. The molecule has 0 saturated heterocycles. The Labute approximate surface area is 107 Å². The molecule has 1 aliphatic rings. The lowest BCUT2D eigenvalue weighted by Crippen LogP contribution is -1.92. The first kappa shape index (κ1) is 10.6. The summed E-state index contributed by atoms with van der Waals surface area (Å²) in [6.07, 6.45) is 1.32. The zero-order valence-corrected chi connectivity index (χ0v) is 10.00. The Morgan fingerprint density at radius 2 is 1.71 bits per heavy atom. The van der Waals surface area contributed by atoms with Crippen LogP contribution in [0.25, 0.3) is 11.1 Å². The number of hydrogen-bond acceptors (Lipinski definition) is 4. The van der Waals surface area contributed by atoms with Gasteiger partial charge in [0, 0.05) is 0 Å². The number of halogens is 2. The molecule has 0 N–H and O–H groups in total. The van der Waals surface area contributed by atoms with E-state index < -0.39 is 0 Å². The number of rotatable bonds is 1. The smallest absolute Gasteiger partial charge is 0.231 e. The minimum atomic E-state index is 0.228. The van der Waals surface area contributed by atoms with Crippen LogP contribution in [0.4, 0.5) is 0 Å². The van der Waals surface area contributed by atoms with Gasteiger partial charge in [0.2, 0.25) is 6.79 Å². The molecule has 1 aliphatic heterocycles. The van der Waals surface area contributed by atoms with E-state index in [-0.39, 0.29) is 6.79 Å². The second-order valence-corrected chi connectivity index (χ2v) is 4.11. The summed E-state index contributed by atoms with van der Waals surface area (Å²) in [5.74, 6) is 1.37. The molecular weight excluding hydrogens is 263 g/mol. The van der Waals surface area contributed by atoms with Crippen molar-refractivity contribution in [2.45, 2.75) is 0 Å². The van der Waals surface area contributed by atoms with Crippen LogP contribution in [0.3, 0.4) is 0 Å². The fourth-order valence-corrected chi connectivity index (χ4v) is 2.17. The van der Waals surface area contributed by atoms with Gasteiger partial charge in [-0.3, -0.25) is 0 Å². The average Bonchev–Trinajstić information content (AvgIpc) is 2.76. The van der Waals surface area contributed by atoms with Gasteiger partial charge in [-0.2, -0.15) is 0 Å². The van der Waals surface area contributed by atoms with Crippen LogP contribution in [0.2, 0.25) is 10.3 Å². The van der Waals surface area contributed by atoms with Gasteiger partial charge >= 0.3 is 0 Å². The molecule has 3 rings (SSSR count). The summed E-state index contributed by atoms with van der Waals surface area (Å²) >= 11 is 12.0. The average molecular weight is 269 g/mol. The fourth-order valence-electron chi connectivity index (χ4n) is 1.63. The van der Waals surface area contributed by atoms with Gasteiger partial charge in [0.1, 0.15) is 16.6 Å². The third-order valence-electron chi connectivity index (χ3n) is 2.42. The molecule has 0 spiro atoms. The van der Waals surface area contributed by atoms with Crippen molar-refractivity contribution in [2.24, 2.45) is 0 Å². The van der Waals surface area contributed by atoms with E-state index in [0.717, 1.165) is 5.56 Å². The van der Waals surface area contributed by atoms with Crippen molar-refractivity contribution in [3.8, 4) is 22.6 Å². The Kier molecular flexibility index (Phi) is 2.53. The number of hydrogen-bond donors (Lipinski definition) is 0. The number of nitrogens with zero attached hydrogens (tertiary/aromatic N) is 2. The Morgan fingerprint density at radius 1 is 1.00 bits per heavy atom. The summed E-state index contributed by atoms with van der Waals surface area (Å²) in [5.41, 5.74) is 1.39. The van der Waals surface area contributed by atoms with Crippen molar-refractivity contribution >= 4 is 23.2 Å². The molecule has 86 valence electrons. The van der Waals surface area contributed by atoms with Crippen molar-refractivity contribution in [1.29, 1.82) is 0 Å². The molecule has 1 aromatic carbocycles. The fraction of sp³-hybridized carbons (Fsp3) is 0.0909. The van der Waals surface area contributed by atoms with Gasteiger partial charge in [0.05, 0.1) is 5.56 Å². The highest BCUT2D eigenvalue weighted by Gasteiger charge is 2.17. The maximum Gasteiger partial charge on any atom is 0.231 e. The number of ether oxygens (including phenoxy) is 2. The normalized spacial score (nSPS) is 12.8. The second kappa shape index (κ2) is 4.05. The van der Waals surface area contributed by atoms with Crippen LogP contribution in [0, 0.1) is 0 Å². The molecule has 0 amide bonds. The SMILES string of the molecule is Clc1ncnc(Cl)c1-c1ccc2c(c1)OCO2. The minimum absolute atomic E-state index is 0.228. The Balaban J connectivity index is 2.16. The standard InChI is InChI=1S/C11H6Cl2N2O2/c12-10-9(11(13)15-4-14-10)6-1-2-7-8(3-6)17-5-16-7/h1-4H,5H2. The van der Waals surface area contributed by atoms with Gasteiger partial charge in [-0.1, -0.05) is 29.3 Å². The largest absolute Gasteiger partial charge is 0.454 e. The number of benzene rings is 1. The van der Waals surface area contributed by atoms with E-state index in [0.29, 0.717) is 27.4 Å². The maximum absolute atomic E-state index is 6.01. The summed E-state index contributed by atoms with van der Waals surface area (Å²) in [7, 11) is 0. The van der Waals surface area contributed by atoms with E-state index in [9.17, 15) is 0 Å². The highest BCUT2D eigenvalue weighted by molar-refractivity contribution is 6.37. The van der Waals surface area contributed by atoms with Crippen molar-refractivity contribution in [1.82, 2.24) is 9.97 Å². The highest BCUT2D eigenvalue weighted by atomic mass is 35.5. The molecule has 0 aliphatic carbocycles. The summed E-state index contributed by atoms with van der Waals surface area (Å²) in [6, 6.07) is 5.44. The third kappa shape index (κ3) is 1.79. The lowest BCUT2D eigenvalue weighted by molar-refractivity contribution is 0.174. The second-order valence-electron chi connectivity index (χ2n) is 3.40. The molecule has 0 radical (unpaired) electrons. The first-order valence-electron chi connectivity index (χ1n) is 4.82. The Hall–Kier alpha value is -1.52. The van der Waals surface area contributed by atoms with E-state index >= 15 is 0 Å². The topological polar surface area (TPSA) is 44.2 Å². The molecule has 0 saturated carbocycles. The molecule has 2 heterocycles. The van der Waals surface area contributed by atoms with E-state index in [2.05, 4.69) is 9.97 Å². The van der Waals surface area contributed by atoms with Gasteiger partial charge in [0.25, 0.3) is 0 Å². The molecule has 2 aromatic rings. The van der Waals surface area contributed by atoms with Gasteiger partial charge in [-0.25, -0.2) is 9.97 Å². The zero-order valence-electron chi connectivity index (χ0n) is 8.48. The molecule has 0 bridgehead atoms. The molecule has 0 unspecified atom stereocenters. The molecule has 1 aromatic heterocycles. The van der Waals surface area contributed by atoms with Crippen LogP contribution < -0.4 is 9.47 Å². The Morgan fingerprint density at radius 3 is 2.47 bits per heavy atom. The summed E-state index contributed by atoms with van der Waals surface area (Å²) < 4.78 is 10.5. The molecular formula is C11H6Cl2N2O2.